The van der Waals surface area contributed by atoms with Gasteiger partial charge in [-0.2, -0.15) is 0 Å². The molecular weight excluding hydrogens is 555 g/mol. The van der Waals surface area contributed by atoms with Gasteiger partial charge in [-0.3, -0.25) is 0 Å². The third-order valence-electron chi connectivity index (χ3n) is 5.56. The number of thiophene rings is 1. The predicted molar refractivity (Wildman–Crippen MR) is 144 cm³/mol. The molecule has 2 amide bonds. The molecular formula is C26H31AsN4O5S. The number of esters is 1. The van der Waals surface area contributed by atoms with Crippen LogP contribution in [0.5, 0.6) is 5.75 Å². The molecule has 2 unspecified atom stereocenters. The van der Waals surface area contributed by atoms with Gasteiger partial charge < -0.3 is 0 Å². The zero-order valence-corrected chi connectivity index (χ0v) is 24.2. The number of hydrogen-bond donors (Lipinski definition) is 3. The van der Waals surface area contributed by atoms with E-state index in [4.69, 9.17) is 4.74 Å². The predicted octanol–water partition coefficient (Wildman–Crippen LogP) is 1.98. The van der Waals surface area contributed by atoms with E-state index in [1.165, 1.54) is 18.4 Å². The number of aromatic nitrogens is 2. The molecule has 11 heteroatoms. The molecule has 2 heterocycles. The minimum atomic E-state index is -1.06. The number of phenolic OH excluding ortho intramolecular Hbond substituents is 1. The second-order valence-corrected chi connectivity index (χ2v) is 12.5. The van der Waals surface area contributed by atoms with Crippen LogP contribution < -0.4 is 15.2 Å². The molecule has 0 fully saturated rings. The van der Waals surface area contributed by atoms with Crippen LogP contribution >= 0.6 is 11.3 Å². The first kappa shape index (κ1) is 28.3. The van der Waals surface area contributed by atoms with Crippen molar-refractivity contribution in [3.63, 3.8) is 0 Å². The fraction of sp³-hybridized carbons (Fsp3) is 0.346. The topological polar surface area (TPSA) is 131 Å². The molecule has 2 aromatic heterocycles. The normalized spacial score (nSPS) is 11.9. The van der Waals surface area contributed by atoms with Gasteiger partial charge >= 0.3 is 209 Å². The Kier molecular flexibility index (Phi) is 10.2. The van der Waals surface area contributed by atoms with E-state index >= 15 is 0 Å². The number of nitrogens with one attached hydrogen (secondary N) is 2. The Hall–Kier alpha value is -3.23. The summed E-state index contributed by atoms with van der Waals surface area (Å²) in [7, 11) is 1.23. The van der Waals surface area contributed by atoms with E-state index in [-0.39, 0.29) is 18.2 Å². The van der Waals surface area contributed by atoms with Crippen molar-refractivity contribution in [1.82, 2.24) is 20.6 Å². The SMILES string of the molecule is COC(=O)C(CNC(=O)c1ccc(C)s1)NC(=O)c1c(C)nc([AsH]CCCc2cccc(O)c2)nc1C. The first-order chi connectivity index (χ1) is 17.7. The fourth-order valence-electron chi connectivity index (χ4n) is 3.73. The Bertz CT molecular complexity index is 1260. The molecule has 0 radical (unpaired) electrons. The molecule has 3 N–H and O–H groups in total. The molecule has 1 aromatic carbocycles. The standard InChI is InChI=1S/C26H31AsN4O5S/c1-15-10-11-21(37-15)23(33)28-14-20(25(35)36-4)31-24(34)22-16(2)29-26(30-17(22)3)27-12-6-8-18-7-5-9-19(32)13-18/h5,7,9-11,13,20,27,32H,6,8,12,14H2,1-4H3,(H,28,33)(H,31,34). The number of carbonyl (C=O) groups excluding carboxylic acids is 3. The Morgan fingerprint density at radius 2 is 1.81 bits per heavy atom. The average molecular weight is 587 g/mol. The third-order valence-corrected chi connectivity index (χ3v) is 8.95. The van der Waals surface area contributed by atoms with Crippen LogP contribution in [0.2, 0.25) is 5.21 Å². The number of ether oxygens (including phenoxy) is 1. The Morgan fingerprint density at radius 1 is 1.08 bits per heavy atom. The zero-order valence-electron chi connectivity index (χ0n) is 21.3. The monoisotopic (exact) mass is 586 g/mol. The van der Waals surface area contributed by atoms with Crippen molar-refractivity contribution in [3.05, 3.63) is 68.7 Å². The summed E-state index contributed by atoms with van der Waals surface area (Å²) >= 11 is 0.747. The third kappa shape index (κ3) is 8.13. The molecule has 0 spiro atoms. The summed E-state index contributed by atoms with van der Waals surface area (Å²) < 4.78 is 5.59. The number of hydrogen-bond acceptors (Lipinski definition) is 8. The number of methoxy groups -OCH3 is 1. The van der Waals surface area contributed by atoms with Crippen LogP contribution in [0, 0.1) is 20.8 Å². The molecule has 0 aliphatic rings. The molecule has 0 saturated heterocycles. The number of rotatable bonds is 11. The van der Waals surface area contributed by atoms with Gasteiger partial charge in [0.25, 0.3) is 0 Å². The molecule has 0 aliphatic carbocycles. The zero-order chi connectivity index (χ0) is 26.9. The second-order valence-electron chi connectivity index (χ2n) is 8.46. The molecule has 196 valence electrons. The van der Waals surface area contributed by atoms with E-state index in [1.54, 1.807) is 32.0 Å². The van der Waals surface area contributed by atoms with Gasteiger partial charge in [0.05, 0.1) is 0 Å². The average Bonchev–Trinajstić information content (AvgIpc) is 3.29. The van der Waals surface area contributed by atoms with Gasteiger partial charge in [0.1, 0.15) is 0 Å². The van der Waals surface area contributed by atoms with Crippen molar-refractivity contribution in [3.8, 4) is 5.75 Å². The minimum absolute atomic E-state index is 0.114. The van der Waals surface area contributed by atoms with Gasteiger partial charge in [0, 0.05) is 4.88 Å². The second kappa shape index (κ2) is 13.4. The number of amides is 2. The molecule has 0 bridgehead atoms. The molecule has 37 heavy (non-hydrogen) atoms. The fourth-order valence-corrected chi connectivity index (χ4v) is 6.76. The van der Waals surface area contributed by atoms with Crippen LogP contribution in [-0.2, 0) is 16.0 Å². The van der Waals surface area contributed by atoms with E-state index in [2.05, 4.69) is 20.6 Å². The summed E-state index contributed by atoms with van der Waals surface area (Å²) in [4.78, 5) is 48.4. The molecule has 2 atom stereocenters. The number of nitrogens with zero attached hydrogens (tertiary/aromatic N) is 2. The van der Waals surface area contributed by atoms with Gasteiger partial charge in [0.15, 0.2) is 0 Å². The first-order valence-corrected chi connectivity index (χ1v) is 15.1. The van der Waals surface area contributed by atoms with Gasteiger partial charge in [-0.05, 0) is 13.0 Å². The van der Waals surface area contributed by atoms with Crippen molar-refractivity contribution < 1.29 is 24.2 Å². The van der Waals surface area contributed by atoms with E-state index in [9.17, 15) is 19.5 Å². The summed E-state index contributed by atoms with van der Waals surface area (Å²) in [5, 5.41) is 15.9. The van der Waals surface area contributed by atoms with E-state index < -0.39 is 33.7 Å². The number of aryl methyl sites for hydroxylation is 4. The Labute approximate surface area is 226 Å². The van der Waals surface area contributed by atoms with Crippen LogP contribution in [0.25, 0.3) is 0 Å². The number of aromatic hydroxyl groups is 1. The van der Waals surface area contributed by atoms with Crippen LogP contribution in [0.15, 0.2) is 36.4 Å². The quantitative estimate of drug-likeness (QED) is 0.178. The first-order valence-electron chi connectivity index (χ1n) is 11.8. The number of phenols is 1. The Morgan fingerprint density at radius 3 is 2.43 bits per heavy atom. The van der Waals surface area contributed by atoms with Crippen molar-refractivity contribution in [1.29, 1.82) is 0 Å². The van der Waals surface area contributed by atoms with E-state index in [0.717, 1.165) is 33.1 Å². The van der Waals surface area contributed by atoms with Crippen LogP contribution in [0.1, 0.15) is 48.3 Å². The van der Waals surface area contributed by atoms with Crippen LogP contribution in [-0.4, -0.2) is 68.3 Å². The maximum absolute atomic E-state index is 13.1. The van der Waals surface area contributed by atoms with E-state index in [1.807, 2.05) is 25.1 Å². The van der Waals surface area contributed by atoms with Crippen molar-refractivity contribution >= 4 is 49.5 Å². The summed E-state index contributed by atoms with van der Waals surface area (Å²) in [6.45, 7) is 5.28. The van der Waals surface area contributed by atoms with Crippen molar-refractivity contribution in [2.24, 2.45) is 0 Å². The van der Waals surface area contributed by atoms with E-state index in [0.29, 0.717) is 21.8 Å². The summed E-state index contributed by atoms with van der Waals surface area (Å²) in [6, 6.07) is 9.75. The Balaban J connectivity index is 1.59. The number of carbonyl (C=O) groups is 3. The summed E-state index contributed by atoms with van der Waals surface area (Å²) in [5.74, 6) is -1.22. The summed E-state index contributed by atoms with van der Waals surface area (Å²) in [6.07, 6.45) is 1.83. The summed E-state index contributed by atoms with van der Waals surface area (Å²) in [5.41, 5.74) is 2.48. The maximum atomic E-state index is 13.1. The molecule has 3 aromatic rings. The van der Waals surface area contributed by atoms with Gasteiger partial charge in [-0.15, -0.1) is 0 Å². The van der Waals surface area contributed by atoms with Gasteiger partial charge in [-0.1, -0.05) is 0 Å². The molecule has 3 rings (SSSR count). The van der Waals surface area contributed by atoms with Gasteiger partial charge in [-0.25, -0.2) is 0 Å². The molecule has 0 saturated carbocycles. The number of benzene rings is 1. The van der Waals surface area contributed by atoms with Crippen molar-refractivity contribution in [2.45, 2.75) is 44.9 Å². The van der Waals surface area contributed by atoms with Crippen LogP contribution in [0.3, 0.4) is 0 Å². The van der Waals surface area contributed by atoms with Crippen LogP contribution in [0.4, 0.5) is 0 Å². The van der Waals surface area contributed by atoms with Gasteiger partial charge in [0.2, 0.25) is 0 Å². The molecule has 9 nitrogen and oxygen atoms in total. The van der Waals surface area contributed by atoms with Crippen molar-refractivity contribution in [2.75, 3.05) is 13.7 Å². The molecule has 0 aliphatic heterocycles.